The number of hydrogen-bond donors (Lipinski definition) is 0. The normalized spacial score (nSPS) is 16.7. The van der Waals surface area contributed by atoms with Crippen LogP contribution in [0.5, 0.6) is 0 Å². The quantitative estimate of drug-likeness (QED) is 0.701. The van der Waals surface area contributed by atoms with E-state index in [-0.39, 0.29) is 0 Å². The third-order valence-electron chi connectivity index (χ3n) is 2.16. The summed E-state index contributed by atoms with van der Waals surface area (Å²) in [4.78, 5) is 8.35. The molecule has 0 aromatic carbocycles. The second kappa shape index (κ2) is 2.45. The van der Waals surface area contributed by atoms with Crippen LogP contribution in [0.2, 0.25) is 5.02 Å². The van der Waals surface area contributed by atoms with Crippen molar-refractivity contribution >= 4 is 22.8 Å². The number of nitrogens with zero attached hydrogens (tertiary/aromatic N) is 2. The van der Waals surface area contributed by atoms with Crippen molar-refractivity contribution in [2.75, 3.05) is 0 Å². The van der Waals surface area contributed by atoms with Crippen molar-refractivity contribution in [2.45, 2.75) is 18.8 Å². The molecule has 1 saturated carbocycles. The number of hydrogen-bond acceptors (Lipinski definition) is 3. The lowest BCUT2D eigenvalue weighted by Gasteiger charge is -1.85. The van der Waals surface area contributed by atoms with E-state index >= 15 is 0 Å². The summed E-state index contributed by atoms with van der Waals surface area (Å²) in [6.45, 7) is 0. The van der Waals surface area contributed by atoms with Crippen molar-refractivity contribution in [3.63, 3.8) is 0 Å². The maximum absolute atomic E-state index is 5.77. The second-order valence-electron chi connectivity index (χ2n) is 3.30. The fraction of sp³-hybridized carbons (Fsp3) is 0.333. The molecule has 1 aliphatic carbocycles. The summed E-state index contributed by atoms with van der Waals surface area (Å²) < 4.78 is 5.51. The maximum atomic E-state index is 5.77. The number of aromatic nitrogens is 2. The van der Waals surface area contributed by atoms with Crippen LogP contribution in [-0.4, -0.2) is 9.97 Å². The fourth-order valence-electron chi connectivity index (χ4n) is 1.32. The Labute approximate surface area is 79.7 Å². The Bertz CT molecular complexity index is 462. The SMILES string of the molecule is Clc1cnc2nc(C3CC3)oc2c1. The van der Waals surface area contributed by atoms with Gasteiger partial charge in [0, 0.05) is 18.2 Å². The van der Waals surface area contributed by atoms with Crippen LogP contribution in [0.1, 0.15) is 24.7 Å². The van der Waals surface area contributed by atoms with E-state index < -0.39 is 0 Å². The average molecular weight is 195 g/mol. The Morgan fingerprint density at radius 3 is 3.08 bits per heavy atom. The van der Waals surface area contributed by atoms with Gasteiger partial charge in [-0.3, -0.25) is 0 Å². The van der Waals surface area contributed by atoms with Crippen LogP contribution in [0.3, 0.4) is 0 Å². The van der Waals surface area contributed by atoms with Crippen LogP contribution in [0.4, 0.5) is 0 Å². The predicted octanol–water partition coefficient (Wildman–Crippen LogP) is 2.75. The molecule has 0 N–H and O–H groups in total. The van der Waals surface area contributed by atoms with E-state index in [0.717, 1.165) is 5.89 Å². The van der Waals surface area contributed by atoms with Crippen molar-refractivity contribution in [1.82, 2.24) is 9.97 Å². The third-order valence-corrected chi connectivity index (χ3v) is 2.36. The Kier molecular flexibility index (Phi) is 1.38. The van der Waals surface area contributed by atoms with Gasteiger partial charge in [0.2, 0.25) is 0 Å². The van der Waals surface area contributed by atoms with E-state index in [1.807, 2.05) is 0 Å². The highest BCUT2D eigenvalue weighted by atomic mass is 35.5. The van der Waals surface area contributed by atoms with Crippen LogP contribution in [0, 0.1) is 0 Å². The van der Waals surface area contributed by atoms with E-state index in [1.165, 1.54) is 12.8 Å². The Morgan fingerprint density at radius 2 is 2.31 bits per heavy atom. The van der Waals surface area contributed by atoms with Gasteiger partial charge in [0.25, 0.3) is 0 Å². The minimum Gasteiger partial charge on any atom is -0.439 e. The summed E-state index contributed by atoms with van der Waals surface area (Å²) in [6.07, 6.45) is 3.95. The van der Waals surface area contributed by atoms with Gasteiger partial charge in [-0.1, -0.05) is 11.6 Å². The molecular weight excluding hydrogens is 188 g/mol. The van der Waals surface area contributed by atoms with E-state index in [2.05, 4.69) is 9.97 Å². The molecule has 0 aliphatic heterocycles. The molecule has 2 heterocycles. The minimum atomic E-state index is 0.521. The summed E-state index contributed by atoms with van der Waals surface area (Å²) in [6, 6.07) is 1.75. The van der Waals surface area contributed by atoms with Gasteiger partial charge in [-0.15, -0.1) is 0 Å². The fourth-order valence-corrected chi connectivity index (χ4v) is 1.47. The van der Waals surface area contributed by atoms with E-state index in [4.69, 9.17) is 16.0 Å². The van der Waals surface area contributed by atoms with Gasteiger partial charge in [-0.25, -0.2) is 4.98 Å². The first-order valence-corrected chi connectivity index (χ1v) is 4.63. The predicted molar refractivity (Wildman–Crippen MR) is 48.8 cm³/mol. The molecule has 0 saturated heterocycles. The zero-order valence-corrected chi connectivity index (χ0v) is 7.58. The highest BCUT2D eigenvalue weighted by Gasteiger charge is 2.29. The zero-order chi connectivity index (χ0) is 8.84. The second-order valence-corrected chi connectivity index (χ2v) is 3.74. The first-order chi connectivity index (χ1) is 6.33. The number of pyridine rings is 1. The smallest absolute Gasteiger partial charge is 0.200 e. The minimum absolute atomic E-state index is 0.521. The summed E-state index contributed by atoms with van der Waals surface area (Å²) >= 11 is 5.77. The zero-order valence-electron chi connectivity index (χ0n) is 6.83. The van der Waals surface area contributed by atoms with Crippen LogP contribution in [0.15, 0.2) is 16.7 Å². The molecule has 66 valence electrons. The van der Waals surface area contributed by atoms with E-state index in [0.29, 0.717) is 22.2 Å². The molecule has 2 aromatic heterocycles. The first-order valence-electron chi connectivity index (χ1n) is 4.25. The van der Waals surface area contributed by atoms with E-state index in [9.17, 15) is 0 Å². The lowest BCUT2D eigenvalue weighted by Crippen LogP contribution is -1.77. The van der Waals surface area contributed by atoms with Crippen molar-refractivity contribution in [3.05, 3.63) is 23.2 Å². The largest absolute Gasteiger partial charge is 0.439 e. The van der Waals surface area contributed by atoms with Gasteiger partial charge in [0.15, 0.2) is 17.1 Å². The topological polar surface area (TPSA) is 38.9 Å². The molecule has 0 atom stereocenters. The molecule has 0 amide bonds. The summed E-state index contributed by atoms with van der Waals surface area (Å²) in [5.74, 6) is 1.33. The van der Waals surface area contributed by atoms with Crippen LogP contribution in [0.25, 0.3) is 11.2 Å². The lowest BCUT2D eigenvalue weighted by molar-refractivity contribution is 0.533. The molecule has 0 unspecified atom stereocenters. The number of oxazole rings is 1. The first kappa shape index (κ1) is 7.33. The molecular formula is C9H7ClN2O. The number of fused-ring (bicyclic) bond motifs is 1. The summed E-state index contributed by atoms with van der Waals surface area (Å²) in [5.41, 5.74) is 1.35. The van der Waals surface area contributed by atoms with Gasteiger partial charge in [0.05, 0.1) is 5.02 Å². The Balaban J connectivity index is 2.20. The molecule has 2 aromatic rings. The molecule has 3 nitrogen and oxygen atoms in total. The molecule has 0 spiro atoms. The van der Waals surface area contributed by atoms with Crippen LogP contribution < -0.4 is 0 Å². The van der Waals surface area contributed by atoms with Gasteiger partial charge in [-0.2, -0.15) is 4.98 Å². The van der Waals surface area contributed by atoms with Crippen LogP contribution in [-0.2, 0) is 0 Å². The summed E-state index contributed by atoms with van der Waals surface area (Å²) in [7, 11) is 0. The van der Waals surface area contributed by atoms with Crippen molar-refractivity contribution in [3.8, 4) is 0 Å². The molecule has 13 heavy (non-hydrogen) atoms. The average Bonchev–Trinajstić information content (AvgIpc) is 2.87. The summed E-state index contributed by atoms with van der Waals surface area (Å²) in [5, 5.41) is 0.589. The highest BCUT2D eigenvalue weighted by Crippen LogP contribution is 2.40. The Hall–Kier alpha value is -1.09. The molecule has 4 heteroatoms. The van der Waals surface area contributed by atoms with Gasteiger partial charge >= 0.3 is 0 Å². The van der Waals surface area contributed by atoms with Crippen molar-refractivity contribution in [2.24, 2.45) is 0 Å². The van der Waals surface area contributed by atoms with Crippen LogP contribution >= 0.6 is 11.6 Å². The molecule has 0 radical (unpaired) electrons. The Morgan fingerprint density at radius 1 is 1.46 bits per heavy atom. The molecule has 3 rings (SSSR count). The van der Waals surface area contributed by atoms with E-state index in [1.54, 1.807) is 12.3 Å². The maximum Gasteiger partial charge on any atom is 0.200 e. The monoisotopic (exact) mass is 194 g/mol. The van der Waals surface area contributed by atoms with Gasteiger partial charge in [0.1, 0.15) is 0 Å². The van der Waals surface area contributed by atoms with Crippen molar-refractivity contribution in [1.29, 1.82) is 0 Å². The number of rotatable bonds is 1. The molecule has 1 aliphatic rings. The number of halogens is 1. The molecule has 1 fully saturated rings. The standard InChI is InChI=1S/C9H7ClN2O/c10-6-3-7-8(11-4-6)12-9(13-7)5-1-2-5/h3-5H,1-2H2. The lowest BCUT2D eigenvalue weighted by atomic mass is 10.4. The van der Waals surface area contributed by atoms with Gasteiger partial charge < -0.3 is 4.42 Å². The van der Waals surface area contributed by atoms with Crippen molar-refractivity contribution < 1.29 is 4.42 Å². The highest BCUT2D eigenvalue weighted by molar-refractivity contribution is 6.30. The molecule has 0 bridgehead atoms. The third kappa shape index (κ3) is 1.20. The van der Waals surface area contributed by atoms with Gasteiger partial charge in [-0.05, 0) is 12.8 Å².